The van der Waals surface area contributed by atoms with Gasteiger partial charge in [-0.15, -0.1) is 0 Å². The van der Waals surface area contributed by atoms with Gasteiger partial charge in [-0.05, 0) is 38.1 Å². The Morgan fingerprint density at radius 3 is 1.93 bits per heavy atom. The van der Waals surface area contributed by atoms with Crippen LogP contribution in [0.2, 0.25) is 0 Å². The number of fused-ring (bicyclic) bond motifs is 1. The number of rotatable bonds is 9. The van der Waals surface area contributed by atoms with Gasteiger partial charge in [-0.2, -0.15) is 0 Å². The predicted molar refractivity (Wildman–Crippen MR) is 177 cm³/mol. The molecule has 21 nitrogen and oxygen atoms in total. The van der Waals surface area contributed by atoms with E-state index in [9.17, 15) is 60.7 Å². The molecular weight excluding hydrogens is 744 g/mol. The van der Waals surface area contributed by atoms with E-state index in [2.05, 4.69) is 4.74 Å². The van der Waals surface area contributed by atoms with Crippen LogP contribution in [0.4, 0.5) is 4.79 Å². The number of benzene rings is 2. The van der Waals surface area contributed by atoms with E-state index in [1.807, 2.05) is 0 Å². The Labute approximate surface area is 309 Å². The lowest BCUT2D eigenvalue weighted by Crippen LogP contribution is -2.64. The van der Waals surface area contributed by atoms with Crippen LogP contribution in [0.25, 0.3) is 22.3 Å². The minimum absolute atomic E-state index is 0.0752. The first kappa shape index (κ1) is 40.3. The first-order chi connectivity index (χ1) is 26.0. The number of hydrogen-bond acceptors (Lipinski definition) is 20. The van der Waals surface area contributed by atoms with Crippen molar-refractivity contribution in [3.8, 4) is 34.3 Å². The van der Waals surface area contributed by atoms with Crippen molar-refractivity contribution in [2.45, 2.75) is 106 Å². The molecule has 0 saturated carbocycles. The van der Waals surface area contributed by atoms with Gasteiger partial charge in [-0.3, -0.25) is 4.79 Å². The van der Waals surface area contributed by atoms with Gasteiger partial charge in [0.1, 0.15) is 89.8 Å². The third-order valence-corrected chi connectivity index (χ3v) is 9.45. The molecule has 55 heavy (non-hydrogen) atoms. The summed E-state index contributed by atoms with van der Waals surface area (Å²) in [7, 11) is 0. The minimum Gasteiger partial charge on any atom is -0.508 e. The number of phenolic OH excluding ortho intramolecular Hbond substituents is 2. The van der Waals surface area contributed by atoms with E-state index in [0.29, 0.717) is 0 Å². The average molecular weight is 785 g/mol. The largest absolute Gasteiger partial charge is 0.508 e. The van der Waals surface area contributed by atoms with Crippen LogP contribution in [0.1, 0.15) is 13.8 Å². The lowest BCUT2D eigenvalue weighted by atomic mass is 9.97. The quantitative estimate of drug-likeness (QED) is 0.103. The minimum atomic E-state index is -2.05. The molecule has 4 heterocycles. The van der Waals surface area contributed by atoms with Crippen LogP contribution in [0.3, 0.4) is 0 Å². The number of hydrogen-bond donors (Lipinski definition) is 11. The fraction of sp³-hybridized carbons (Fsp3) is 0.529. The van der Waals surface area contributed by atoms with Crippen molar-refractivity contribution < 1.29 is 98.5 Å². The Hall–Kier alpha value is -4.36. The van der Waals surface area contributed by atoms with Crippen LogP contribution >= 0.6 is 0 Å². The average Bonchev–Trinajstić information content (AvgIpc) is 3.14. The van der Waals surface area contributed by atoms with Crippen LogP contribution in [0, 0.1) is 0 Å². The van der Waals surface area contributed by atoms with Gasteiger partial charge >= 0.3 is 6.16 Å². The monoisotopic (exact) mass is 784 g/mol. The molecule has 21 heteroatoms. The number of ether oxygens (including phenoxy) is 7. The SMILES string of the molecule is C[C@@H]1O[C@@H](Oc2cc(O)c3c(=O)c(O[C@@H]4O[C@H](COC(=O)O)[C@H](O)[C@H](O)[C@H]4O[C@@H]4O[C@@H](C)[C@H](O)[C@@H](O)[C@H]4O)c(-c4ccc(O)cc4)oc3c2)[C@H](O)[C@H](O)[C@H]1O. The molecule has 0 amide bonds. The predicted octanol–water partition coefficient (Wildman–Crippen LogP) is -2.19. The molecule has 0 aliphatic carbocycles. The van der Waals surface area contributed by atoms with E-state index >= 15 is 0 Å². The highest BCUT2D eigenvalue weighted by molar-refractivity contribution is 5.88. The second-order valence-electron chi connectivity index (χ2n) is 13.3. The fourth-order valence-corrected chi connectivity index (χ4v) is 6.31. The number of aliphatic hydroxyl groups excluding tert-OH is 8. The first-order valence-corrected chi connectivity index (χ1v) is 16.8. The van der Waals surface area contributed by atoms with Crippen LogP contribution in [0.15, 0.2) is 45.6 Å². The summed E-state index contributed by atoms with van der Waals surface area (Å²) in [5.74, 6) is -2.30. The number of aliphatic hydroxyl groups is 8. The van der Waals surface area contributed by atoms with E-state index in [-0.39, 0.29) is 22.6 Å². The molecule has 0 radical (unpaired) electrons. The van der Waals surface area contributed by atoms with Gasteiger partial charge in [-0.1, -0.05) is 0 Å². The number of phenols is 2. The zero-order valence-electron chi connectivity index (χ0n) is 28.8. The molecule has 0 unspecified atom stereocenters. The highest BCUT2D eigenvalue weighted by atomic mass is 16.8. The summed E-state index contributed by atoms with van der Waals surface area (Å²) in [4.78, 5) is 25.4. The summed E-state index contributed by atoms with van der Waals surface area (Å²) in [5, 5.41) is 113. The van der Waals surface area contributed by atoms with Gasteiger partial charge in [0.15, 0.2) is 18.2 Å². The molecular formula is C34H40O21. The molecule has 3 aromatic rings. The Morgan fingerprint density at radius 2 is 1.31 bits per heavy atom. The zero-order chi connectivity index (χ0) is 40.0. The third-order valence-electron chi connectivity index (χ3n) is 9.45. The summed E-state index contributed by atoms with van der Waals surface area (Å²) in [6, 6.07) is 7.16. The van der Waals surface area contributed by atoms with E-state index in [1.54, 1.807) is 0 Å². The van der Waals surface area contributed by atoms with Crippen molar-refractivity contribution in [1.82, 2.24) is 0 Å². The third kappa shape index (κ3) is 8.00. The van der Waals surface area contributed by atoms with Gasteiger partial charge in [-0.25, -0.2) is 4.79 Å². The smallest absolute Gasteiger partial charge is 0.505 e. The van der Waals surface area contributed by atoms with E-state index < -0.39 is 133 Å². The Kier molecular flexibility index (Phi) is 11.7. The van der Waals surface area contributed by atoms with Crippen molar-refractivity contribution in [1.29, 1.82) is 0 Å². The fourth-order valence-electron chi connectivity index (χ4n) is 6.31. The lowest BCUT2D eigenvalue weighted by Gasteiger charge is -2.45. The molecule has 15 atom stereocenters. The molecule has 11 N–H and O–H groups in total. The number of carboxylic acid groups (broad SMARTS) is 1. The zero-order valence-corrected chi connectivity index (χ0v) is 28.8. The molecule has 0 spiro atoms. The van der Waals surface area contributed by atoms with Crippen LogP contribution in [0.5, 0.6) is 23.0 Å². The van der Waals surface area contributed by atoms with Gasteiger partial charge < -0.3 is 93.7 Å². The Bertz CT molecular complexity index is 1880. The topological polar surface area (TPSA) is 334 Å². The molecule has 2 aromatic carbocycles. The molecule has 3 fully saturated rings. The van der Waals surface area contributed by atoms with Crippen molar-refractivity contribution in [3.63, 3.8) is 0 Å². The highest BCUT2D eigenvalue weighted by Gasteiger charge is 2.52. The molecule has 3 saturated heterocycles. The van der Waals surface area contributed by atoms with Gasteiger partial charge in [0.2, 0.25) is 23.8 Å². The molecule has 0 bridgehead atoms. The highest BCUT2D eigenvalue weighted by Crippen LogP contribution is 2.39. The summed E-state index contributed by atoms with van der Waals surface area (Å²) >= 11 is 0. The van der Waals surface area contributed by atoms with E-state index in [1.165, 1.54) is 38.1 Å². The Morgan fingerprint density at radius 1 is 0.709 bits per heavy atom. The van der Waals surface area contributed by atoms with Crippen molar-refractivity contribution in [2.75, 3.05) is 6.61 Å². The van der Waals surface area contributed by atoms with Gasteiger partial charge in [0.25, 0.3) is 0 Å². The van der Waals surface area contributed by atoms with Crippen molar-refractivity contribution in [2.24, 2.45) is 0 Å². The summed E-state index contributed by atoms with van der Waals surface area (Å²) in [6.45, 7) is 1.90. The molecule has 6 rings (SSSR count). The van der Waals surface area contributed by atoms with Crippen molar-refractivity contribution in [3.05, 3.63) is 46.6 Å². The number of aromatic hydroxyl groups is 2. The lowest BCUT2D eigenvalue weighted by molar-refractivity contribution is -0.354. The molecule has 3 aliphatic heterocycles. The summed E-state index contributed by atoms with van der Waals surface area (Å²) < 4.78 is 44.7. The number of carbonyl (C=O) groups is 1. The standard InChI is InChI=1S/C34H40O21/c1-10-19(37)23(41)26(44)31(49-10)51-14-7-15(36)18-16(8-14)52-28(12-3-5-13(35)6-4-12)29(22(18)40)54-33-30(25(43)21(39)17(53-33)9-48-34(46)47)55-32-27(45)24(42)20(38)11(2)50-32/h3-8,10-11,17,19-21,23-27,30-33,35-39,41-45H,9H2,1-2H3,(H,46,47)/t10-,11-,17+,19-,20-,21-,23+,24+,25-,26+,27+,30+,31-,32-,33-/m0/s1. The molecule has 302 valence electrons. The van der Waals surface area contributed by atoms with E-state index in [0.717, 1.165) is 12.1 Å². The van der Waals surface area contributed by atoms with Crippen LogP contribution in [-0.4, -0.2) is 161 Å². The van der Waals surface area contributed by atoms with Crippen LogP contribution in [-0.2, 0) is 23.7 Å². The van der Waals surface area contributed by atoms with Gasteiger partial charge in [0, 0.05) is 17.7 Å². The maximum Gasteiger partial charge on any atom is 0.505 e. The second kappa shape index (κ2) is 16.0. The summed E-state index contributed by atoms with van der Waals surface area (Å²) in [5.41, 5.74) is -1.35. The normalized spacial score (nSPS) is 36.7. The second-order valence-corrected chi connectivity index (χ2v) is 13.3. The maximum absolute atomic E-state index is 14.3. The Balaban J connectivity index is 1.42. The maximum atomic E-state index is 14.3. The van der Waals surface area contributed by atoms with Gasteiger partial charge in [0.05, 0.1) is 12.2 Å². The molecule has 3 aliphatic rings. The van der Waals surface area contributed by atoms with Crippen molar-refractivity contribution >= 4 is 17.1 Å². The first-order valence-electron chi connectivity index (χ1n) is 16.8. The summed E-state index contributed by atoms with van der Waals surface area (Å²) in [6.07, 6.45) is -26.9. The van der Waals surface area contributed by atoms with Crippen LogP contribution < -0.4 is 14.9 Å². The van der Waals surface area contributed by atoms with E-state index in [4.69, 9.17) is 37.9 Å². The molecule has 1 aromatic heterocycles.